The fraction of sp³-hybridized carbons (Fsp3) is 0.786. The third-order valence-electron chi connectivity index (χ3n) is 7.57. The van der Waals surface area contributed by atoms with Gasteiger partial charge in [0, 0.05) is 5.92 Å². The molecule has 2 rings (SSSR count). The number of aliphatic hydroxyl groups is 2. The highest BCUT2D eigenvalue weighted by Gasteiger charge is 2.41. The number of ether oxygens (including phenoxy) is 3. The second-order valence-corrected chi connectivity index (χ2v) is 10.8. The first-order chi connectivity index (χ1) is 18.5. The quantitative estimate of drug-likeness (QED) is 0.118. The summed E-state index contributed by atoms with van der Waals surface area (Å²) in [6.07, 6.45) is 6.93. The lowest BCUT2D eigenvalue weighted by Crippen LogP contribution is -2.41. The first-order valence-corrected chi connectivity index (χ1v) is 14.0. The maximum atomic E-state index is 12.6. The van der Waals surface area contributed by atoms with Crippen LogP contribution < -0.4 is 0 Å². The van der Waals surface area contributed by atoms with E-state index in [2.05, 4.69) is 36.9 Å². The van der Waals surface area contributed by atoms with Gasteiger partial charge < -0.3 is 29.3 Å². The molecule has 0 aromatic carbocycles. The summed E-state index contributed by atoms with van der Waals surface area (Å²) >= 11 is 0. The average molecular weight is 556 g/mol. The number of esters is 2. The molecule has 2 aliphatic rings. The topological polar surface area (TPSA) is 155 Å². The number of carbonyl (C=O) groups excluding carboxylic acids is 2. The summed E-state index contributed by atoms with van der Waals surface area (Å²) in [4.78, 5) is 38.7. The fourth-order valence-electron chi connectivity index (χ4n) is 5.29. The molecular formula is C28H45NO10. The predicted octanol–water partition coefficient (Wildman–Crippen LogP) is 3.40. The molecule has 0 saturated carbocycles. The number of aliphatic hydroxyl groups excluding tert-OH is 2. The van der Waals surface area contributed by atoms with Crippen molar-refractivity contribution in [3.63, 3.8) is 0 Å². The van der Waals surface area contributed by atoms with E-state index in [1.807, 2.05) is 13.8 Å². The van der Waals surface area contributed by atoms with E-state index in [0.717, 1.165) is 12.8 Å². The van der Waals surface area contributed by atoms with Crippen LogP contribution in [-0.2, 0) is 28.6 Å². The lowest BCUT2D eigenvalue weighted by Gasteiger charge is -2.43. The normalized spacial score (nSPS) is 26.5. The van der Waals surface area contributed by atoms with Crippen LogP contribution in [0.25, 0.3) is 0 Å². The molecule has 0 bridgehead atoms. The second-order valence-electron chi connectivity index (χ2n) is 10.8. The molecule has 2 aliphatic carbocycles. The van der Waals surface area contributed by atoms with Crippen molar-refractivity contribution in [3.05, 3.63) is 33.9 Å². The van der Waals surface area contributed by atoms with Gasteiger partial charge in [-0.1, -0.05) is 45.9 Å². The molecule has 11 heteroatoms. The zero-order valence-electron chi connectivity index (χ0n) is 23.5. The van der Waals surface area contributed by atoms with Crippen molar-refractivity contribution in [1.29, 1.82) is 0 Å². The summed E-state index contributed by atoms with van der Waals surface area (Å²) in [6.45, 7) is 7.89. The van der Waals surface area contributed by atoms with Gasteiger partial charge in [-0.15, -0.1) is 10.1 Å². The van der Waals surface area contributed by atoms with Crippen molar-refractivity contribution < 1.29 is 43.9 Å². The van der Waals surface area contributed by atoms with Crippen molar-refractivity contribution in [3.8, 4) is 0 Å². The standard InChI is InChI=1S/C28H45NO10/c1-5-19(3)28(33)39-25-15-18(2)14-21-7-6-20(4)24(27(21)25)9-8-22(30)16-23(31)17-26(32)37-12-10-36-11-13-38-29(34)35/h6-7,14,18-20,22-25,27,30-31H,5,8-13,15-17H2,1-4H3/t18-,19-,20-,22+,23+,24-,25-,27-/m0/s1. The number of hydrogen-bond donors (Lipinski definition) is 2. The van der Waals surface area contributed by atoms with Crippen molar-refractivity contribution in [1.82, 2.24) is 0 Å². The molecular weight excluding hydrogens is 510 g/mol. The monoisotopic (exact) mass is 555 g/mol. The first-order valence-electron chi connectivity index (χ1n) is 14.0. The van der Waals surface area contributed by atoms with Gasteiger partial charge in [-0.25, -0.2) is 0 Å². The van der Waals surface area contributed by atoms with E-state index in [4.69, 9.17) is 14.2 Å². The number of fused-ring (bicyclic) bond motifs is 1. The average Bonchev–Trinajstić information content (AvgIpc) is 2.86. The van der Waals surface area contributed by atoms with Gasteiger partial charge in [0.1, 0.15) is 19.3 Å². The highest BCUT2D eigenvalue weighted by molar-refractivity contribution is 5.72. The van der Waals surface area contributed by atoms with E-state index in [0.29, 0.717) is 18.8 Å². The molecule has 11 nitrogen and oxygen atoms in total. The summed E-state index contributed by atoms with van der Waals surface area (Å²) in [6, 6.07) is 0. The Bertz CT molecular complexity index is 859. The highest BCUT2D eigenvalue weighted by Crippen LogP contribution is 2.45. The molecule has 39 heavy (non-hydrogen) atoms. The van der Waals surface area contributed by atoms with Crippen molar-refractivity contribution in [2.24, 2.45) is 29.6 Å². The van der Waals surface area contributed by atoms with Gasteiger partial charge in [0.05, 0.1) is 37.8 Å². The second kappa shape index (κ2) is 16.6. The van der Waals surface area contributed by atoms with E-state index >= 15 is 0 Å². The van der Waals surface area contributed by atoms with Crippen LogP contribution in [0.5, 0.6) is 0 Å². The smallest absolute Gasteiger partial charge is 0.308 e. The summed E-state index contributed by atoms with van der Waals surface area (Å²) in [5, 5.41) is 30.0. The van der Waals surface area contributed by atoms with Crippen molar-refractivity contribution in [2.75, 3.05) is 26.4 Å². The van der Waals surface area contributed by atoms with Gasteiger partial charge in [-0.2, -0.15) is 0 Å². The molecule has 0 unspecified atom stereocenters. The first kappa shape index (κ1) is 32.7. The Morgan fingerprint density at radius 1 is 1.15 bits per heavy atom. The van der Waals surface area contributed by atoms with Crippen molar-refractivity contribution in [2.45, 2.75) is 84.5 Å². The molecule has 0 saturated heterocycles. The van der Waals surface area contributed by atoms with Gasteiger partial charge in [-0.3, -0.25) is 9.59 Å². The minimum atomic E-state index is -1.05. The number of hydrogen-bond acceptors (Lipinski definition) is 10. The molecule has 222 valence electrons. The number of allylic oxidation sites excluding steroid dienone is 3. The maximum Gasteiger partial charge on any atom is 0.308 e. The highest BCUT2D eigenvalue weighted by atomic mass is 17.0. The Hall–Kier alpha value is -2.50. The van der Waals surface area contributed by atoms with Gasteiger partial charge in [0.25, 0.3) is 5.09 Å². The van der Waals surface area contributed by atoms with Gasteiger partial charge in [-0.05, 0) is 55.4 Å². The lowest BCUT2D eigenvalue weighted by molar-refractivity contribution is -0.758. The Morgan fingerprint density at radius 3 is 2.56 bits per heavy atom. The summed E-state index contributed by atoms with van der Waals surface area (Å²) in [5.41, 5.74) is 1.19. The van der Waals surface area contributed by atoms with Crippen LogP contribution in [0.2, 0.25) is 0 Å². The van der Waals surface area contributed by atoms with E-state index < -0.39 is 23.3 Å². The SMILES string of the molecule is CC[C@H](C)C(=O)O[C@H]1C[C@@H](C)C=C2C=C[C@H](C)[C@H](CC[C@@H](O)C[C@@H](O)CC(=O)OCCOCCO[N+](=O)[O-])[C@H]21. The zero-order valence-corrected chi connectivity index (χ0v) is 23.5. The van der Waals surface area contributed by atoms with E-state index in [1.165, 1.54) is 5.57 Å². The van der Waals surface area contributed by atoms with E-state index in [-0.39, 0.29) is 75.0 Å². The van der Waals surface area contributed by atoms with Crippen LogP contribution in [0, 0.1) is 39.7 Å². The zero-order chi connectivity index (χ0) is 28.9. The van der Waals surface area contributed by atoms with Gasteiger partial charge in [0.2, 0.25) is 0 Å². The van der Waals surface area contributed by atoms with E-state index in [1.54, 1.807) is 0 Å². The van der Waals surface area contributed by atoms with Crippen LogP contribution >= 0.6 is 0 Å². The molecule has 0 fully saturated rings. The lowest BCUT2D eigenvalue weighted by atomic mass is 9.65. The van der Waals surface area contributed by atoms with Crippen LogP contribution in [0.3, 0.4) is 0 Å². The molecule has 0 aliphatic heterocycles. The summed E-state index contributed by atoms with van der Waals surface area (Å²) in [7, 11) is 0. The van der Waals surface area contributed by atoms with Crippen LogP contribution in [-0.4, -0.2) is 72.0 Å². The molecule has 0 amide bonds. The van der Waals surface area contributed by atoms with Crippen LogP contribution in [0.1, 0.15) is 66.2 Å². The summed E-state index contributed by atoms with van der Waals surface area (Å²) < 4.78 is 16.1. The Morgan fingerprint density at radius 2 is 1.87 bits per heavy atom. The summed E-state index contributed by atoms with van der Waals surface area (Å²) in [5.74, 6) is -0.149. The predicted molar refractivity (Wildman–Crippen MR) is 142 cm³/mol. The number of carbonyl (C=O) groups is 2. The minimum Gasteiger partial charge on any atom is -0.463 e. The van der Waals surface area contributed by atoms with Crippen LogP contribution in [0.15, 0.2) is 23.8 Å². The van der Waals surface area contributed by atoms with Gasteiger partial charge >= 0.3 is 11.9 Å². The molecule has 0 heterocycles. The largest absolute Gasteiger partial charge is 0.463 e. The van der Waals surface area contributed by atoms with Crippen LogP contribution in [0.4, 0.5) is 0 Å². The Labute approximate surface area is 230 Å². The van der Waals surface area contributed by atoms with Crippen molar-refractivity contribution >= 4 is 11.9 Å². The molecule has 2 N–H and O–H groups in total. The van der Waals surface area contributed by atoms with E-state index in [9.17, 15) is 29.9 Å². The Kier molecular flexibility index (Phi) is 13.9. The molecule has 0 radical (unpaired) electrons. The fourth-order valence-corrected chi connectivity index (χ4v) is 5.29. The minimum absolute atomic E-state index is 0.0129. The molecule has 0 aromatic rings. The maximum absolute atomic E-state index is 12.6. The number of nitrogens with zero attached hydrogens (tertiary/aromatic N) is 1. The Balaban J connectivity index is 1.81. The molecule has 0 aromatic heterocycles. The molecule has 8 atom stereocenters. The molecule has 0 spiro atoms. The third kappa shape index (κ3) is 11.3. The number of rotatable bonds is 17. The van der Waals surface area contributed by atoms with Gasteiger partial charge in [0.15, 0.2) is 0 Å². The third-order valence-corrected chi connectivity index (χ3v) is 7.57.